The van der Waals surface area contributed by atoms with Crippen LogP contribution in [0.2, 0.25) is 0 Å². The maximum absolute atomic E-state index is 14.2. The summed E-state index contributed by atoms with van der Waals surface area (Å²) < 4.78 is 39.2. The molecule has 0 heterocycles. The highest BCUT2D eigenvalue weighted by Crippen LogP contribution is 2.36. The number of carbonyl (C=O) groups is 1. The fraction of sp³-hybridized carbons (Fsp3) is 0.480. The van der Waals surface area contributed by atoms with Gasteiger partial charge in [-0.05, 0) is 32.4 Å². The number of nitrogens with one attached hydrogen (secondary N) is 1. The Bertz CT molecular complexity index is 952. The van der Waals surface area contributed by atoms with Gasteiger partial charge in [0.2, 0.25) is 0 Å². The van der Waals surface area contributed by atoms with Crippen LogP contribution in [-0.4, -0.2) is 46.1 Å². The topological polar surface area (TPSA) is 88.0 Å². The maximum atomic E-state index is 14.2. The van der Waals surface area contributed by atoms with Gasteiger partial charge in [0.1, 0.15) is 17.7 Å². The van der Waals surface area contributed by atoms with Gasteiger partial charge in [0.05, 0.1) is 25.4 Å². The molecule has 3 N–H and O–H groups in total. The molecule has 0 spiro atoms. The van der Waals surface area contributed by atoms with E-state index >= 15 is 0 Å². The van der Waals surface area contributed by atoms with Crippen molar-refractivity contribution in [3.8, 4) is 0 Å². The number of aryl methyl sites for hydroxylation is 1. The zero-order valence-electron chi connectivity index (χ0n) is 19.1. The molecule has 0 bridgehead atoms. The van der Waals surface area contributed by atoms with Crippen LogP contribution < -0.4 is 5.32 Å². The molecule has 8 heteroatoms. The lowest BCUT2D eigenvalue weighted by atomic mass is 9.78. The zero-order valence-corrected chi connectivity index (χ0v) is 19.1. The Morgan fingerprint density at radius 3 is 2.45 bits per heavy atom. The molecule has 1 saturated carbocycles. The lowest BCUT2D eigenvalue weighted by molar-refractivity contribution is -0.200. The predicted molar refractivity (Wildman–Crippen MR) is 118 cm³/mol. The first-order valence-electron chi connectivity index (χ1n) is 11.0. The van der Waals surface area contributed by atoms with Gasteiger partial charge in [0.15, 0.2) is 5.60 Å². The summed E-state index contributed by atoms with van der Waals surface area (Å²) in [5.74, 6) is -2.00. The molecule has 180 valence electrons. The van der Waals surface area contributed by atoms with E-state index in [2.05, 4.69) is 5.32 Å². The van der Waals surface area contributed by atoms with Crippen molar-refractivity contribution in [2.75, 3.05) is 0 Å². The van der Waals surface area contributed by atoms with Crippen LogP contribution in [0.15, 0.2) is 42.5 Å². The summed E-state index contributed by atoms with van der Waals surface area (Å²) in [6, 6.07) is 10.6. The summed E-state index contributed by atoms with van der Waals surface area (Å²) in [6.45, 7) is 5.39. The van der Waals surface area contributed by atoms with Crippen molar-refractivity contribution in [3.05, 3.63) is 70.8 Å². The molecule has 1 aliphatic rings. The Morgan fingerprint density at radius 2 is 1.82 bits per heavy atom. The molecule has 4 atom stereocenters. The molecule has 0 saturated heterocycles. The van der Waals surface area contributed by atoms with E-state index in [-0.39, 0.29) is 37.7 Å². The first-order valence-corrected chi connectivity index (χ1v) is 11.0. The molecule has 0 radical (unpaired) electrons. The average Bonchev–Trinajstić information content (AvgIpc) is 2.75. The second-order valence-electron chi connectivity index (χ2n) is 8.95. The SMILES string of the molecule is Cc1ccc(COC2C[C@](OCc3ccc(F)cc3F)(C(=O)NC(C)C)C[C@@H](O)[C@H]2O)cc1. The molecule has 0 aromatic heterocycles. The Kier molecular flexibility index (Phi) is 8.18. The first kappa shape index (κ1) is 25.2. The Labute approximate surface area is 192 Å². The van der Waals surface area contributed by atoms with Crippen LogP contribution in [0.4, 0.5) is 8.78 Å². The summed E-state index contributed by atoms with van der Waals surface area (Å²) in [4.78, 5) is 13.2. The largest absolute Gasteiger partial charge is 0.390 e. The van der Waals surface area contributed by atoms with Crippen LogP contribution in [0.1, 0.15) is 43.4 Å². The minimum atomic E-state index is -1.57. The third-order valence-corrected chi connectivity index (χ3v) is 5.78. The van der Waals surface area contributed by atoms with E-state index in [1.54, 1.807) is 13.8 Å². The minimum absolute atomic E-state index is 0.0432. The molecule has 2 aromatic carbocycles. The number of hydrogen-bond donors (Lipinski definition) is 3. The van der Waals surface area contributed by atoms with E-state index in [0.29, 0.717) is 0 Å². The molecule has 2 aromatic rings. The summed E-state index contributed by atoms with van der Waals surface area (Å²) in [6.07, 6.45) is -3.65. The van der Waals surface area contributed by atoms with Crippen LogP contribution in [0.5, 0.6) is 0 Å². The van der Waals surface area contributed by atoms with Crippen molar-refractivity contribution < 1.29 is 33.3 Å². The van der Waals surface area contributed by atoms with Crippen LogP contribution >= 0.6 is 0 Å². The van der Waals surface area contributed by atoms with Crippen LogP contribution in [-0.2, 0) is 27.5 Å². The molecule has 33 heavy (non-hydrogen) atoms. The highest BCUT2D eigenvalue weighted by molar-refractivity contribution is 5.85. The molecular weight excluding hydrogens is 432 g/mol. The van der Waals surface area contributed by atoms with Crippen molar-refractivity contribution >= 4 is 5.91 Å². The van der Waals surface area contributed by atoms with Gasteiger partial charge in [-0.1, -0.05) is 35.9 Å². The predicted octanol–water partition coefficient (Wildman–Crippen LogP) is 3.15. The van der Waals surface area contributed by atoms with Gasteiger partial charge in [0, 0.05) is 30.5 Å². The van der Waals surface area contributed by atoms with E-state index in [0.717, 1.165) is 23.3 Å². The molecule has 3 rings (SSSR count). The van der Waals surface area contributed by atoms with Crippen molar-refractivity contribution in [3.63, 3.8) is 0 Å². The summed E-state index contributed by atoms with van der Waals surface area (Å²) >= 11 is 0. The number of carbonyl (C=O) groups excluding carboxylic acids is 1. The summed E-state index contributed by atoms with van der Waals surface area (Å²) in [7, 11) is 0. The second-order valence-corrected chi connectivity index (χ2v) is 8.95. The third-order valence-electron chi connectivity index (χ3n) is 5.78. The standard InChI is InChI=1S/C25H31F2NO5/c1-15(2)28-24(31)25(33-14-18-8-9-19(26)10-20(18)27)11-21(29)23(30)22(12-25)32-13-17-6-4-16(3)5-7-17/h4-10,15,21-23,29-30H,11-14H2,1-3H3,(H,28,31)/t21-,22?,23-,25+/m1/s1. The van der Waals surface area contributed by atoms with Crippen molar-refractivity contribution in [2.24, 2.45) is 0 Å². The number of aliphatic hydroxyl groups excluding tert-OH is 2. The Morgan fingerprint density at radius 1 is 1.12 bits per heavy atom. The Balaban J connectivity index is 1.81. The zero-order chi connectivity index (χ0) is 24.2. The fourth-order valence-electron chi connectivity index (χ4n) is 3.90. The molecule has 1 fully saturated rings. The lowest BCUT2D eigenvalue weighted by Crippen LogP contribution is -2.61. The molecular formula is C25H31F2NO5. The number of rotatable bonds is 8. The van der Waals surface area contributed by atoms with Gasteiger partial charge in [0.25, 0.3) is 5.91 Å². The third kappa shape index (κ3) is 6.35. The van der Waals surface area contributed by atoms with Gasteiger partial charge in [-0.3, -0.25) is 4.79 Å². The van der Waals surface area contributed by atoms with Crippen LogP contribution in [0.3, 0.4) is 0 Å². The maximum Gasteiger partial charge on any atom is 0.252 e. The van der Waals surface area contributed by atoms with E-state index < -0.39 is 41.5 Å². The quantitative estimate of drug-likeness (QED) is 0.560. The summed E-state index contributed by atoms with van der Waals surface area (Å²) in [5.41, 5.74) is 0.477. The monoisotopic (exact) mass is 463 g/mol. The summed E-state index contributed by atoms with van der Waals surface area (Å²) in [5, 5.41) is 23.9. The molecule has 0 aliphatic heterocycles. The van der Waals surface area contributed by atoms with E-state index in [1.165, 1.54) is 6.07 Å². The smallest absolute Gasteiger partial charge is 0.252 e. The van der Waals surface area contributed by atoms with Crippen molar-refractivity contribution in [1.29, 1.82) is 0 Å². The number of amides is 1. The highest BCUT2D eigenvalue weighted by atomic mass is 19.1. The number of halogens is 2. The Hall–Kier alpha value is -2.39. The normalized spacial score (nSPS) is 25.3. The highest BCUT2D eigenvalue weighted by Gasteiger charge is 2.51. The van der Waals surface area contributed by atoms with Crippen LogP contribution in [0.25, 0.3) is 0 Å². The fourth-order valence-corrected chi connectivity index (χ4v) is 3.90. The van der Waals surface area contributed by atoms with Gasteiger partial charge < -0.3 is 25.0 Å². The molecule has 1 unspecified atom stereocenters. The number of aliphatic hydroxyl groups is 2. The first-order chi connectivity index (χ1) is 15.6. The van der Waals surface area contributed by atoms with Gasteiger partial charge in [-0.2, -0.15) is 0 Å². The lowest BCUT2D eigenvalue weighted by Gasteiger charge is -2.44. The molecule has 6 nitrogen and oxygen atoms in total. The molecule has 1 amide bonds. The second kappa shape index (κ2) is 10.7. The number of benzene rings is 2. The van der Waals surface area contributed by atoms with Gasteiger partial charge in [-0.25, -0.2) is 8.78 Å². The average molecular weight is 464 g/mol. The number of hydrogen-bond acceptors (Lipinski definition) is 5. The molecule has 1 aliphatic carbocycles. The number of ether oxygens (including phenoxy) is 2. The van der Waals surface area contributed by atoms with E-state index in [9.17, 15) is 23.8 Å². The van der Waals surface area contributed by atoms with Crippen molar-refractivity contribution in [1.82, 2.24) is 5.32 Å². The van der Waals surface area contributed by atoms with E-state index in [1.807, 2.05) is 31.2 Å². The van der Waals surface area contributed by atoms with E-state index in [4.69, 9.17) is 9.47 Å². The van der Waals surface area contributed by atoms with Gasteiger partial charge in [-0.15, -0.1) is 0 Å². The van der Waals surface area contributed by atoms with Crippen LogP contribution in [0, 0.1) is 18.6 Å². The van der Waals surface area contributed by atoms with Gasteiger partial charge >= 0.3 is 0 Å². The van der Waals surface area contributed by atoms with Crippen molar-refractivity contribution in [2.45, 2.75) is 76.8 Å². The minimum Gasteiger partial charge on any atom is -0.390 e.